The van der Waals surface area contributed by atoms with Gasteiger partial charge in [0.05, 0.1) is 6.04 Å². The number of carbonyl (C=O) groups excluding carboxylic acids is 1. The number of pyridine rings is 1. The first kappa shape index (κ1) is 15.6. The van der Waals surface area contributed by atoms with E-state index in [-0.39, 0.29) is 28.9 Å². The van der Waals surface area contributed by atoms with Crippen LogP contribution in [0, 0.1) is 12.7 Å². The van der Waals surface area contributed by atoms with Crippen molar-refractivity contribution in [3.63, 3.8) is 0 Å². The maximum absolute atomic E-state index is 13.9. The highest BCUT2D eigenvalue weighted by Crippen LogP contribution is 2.30. The van der Waals surface area contributed by atoms with E-state index in [1.807, 2.05) is 0 Å². The summed E-state index contributed by atoms with van der Waals surface area (Å²) in [7, 11) is 0. The summed E-state index contributed by atoms with van der Waals surface area (Å²) in [6.07, 6.45) is 2.43. The predicted molar refractivity (Wildman–Crippen MR) is 91.1 cm³/mol. The Morgan fingerprint density at radius 1 is 1.32 bits per heavy atom. The topological polar surface area (TPSA) is 75.1 Å². The molecular formula is C19H17FN2O3. The average molecular weight is 340 g/mol. The van der Waals surface area contributed by atoms with Crippen LogP contribution in [0.25, 0.3) is 11.0 Å². The Hall–Kier alpha value is -2.89. The number of hydrogen-bond acceptors (Lipinski definition) is 3. The van der Waals surface area contributed by atoms with Crippen LogP contribution in [0.4, 0.5) is 4.39 Å². The monoisotopic (exact) mass is 340 g/mol. The van der Waals surface area contributed by atoms with Crippen LogP contribution in [-0.2, 0) is 6.42 Å². The fraction of sp³-hybridized carbons (Fsp3) is 0.263. The molecule has 0 fully saturated rings. The maximum atomic E-state index is 13.9. The van der Waals surface area contributed by atoms with Gasteiger partial charge in [0.25, 0.3) is 5.91 Å². The predicted octanol–water partition coefficient (Wildman–Crippen LogP) is 3.38. The molecular weight excluding hydrogens is 323 g/mol. The highest BCUT2D eigenvalue weighted by Gasteiger charge is 2.26. The number of halogens is 1. The molecule has 1 aromatic carbocycles. The minimum Gasteiger partial charge on any atom is -0.448 e. The molecule has 1 aliphatic carbocycles. The molecule has 4 rings (SSSR count). The molecule has 2 heterocycles. The molecule has 1 aliphatic rings. The van der Waals surface area contributed by atoms with E-state index in [9.17, 15) is 14.0 Å². The van der Waals surface area contributed by atoms with E-state index in [0.717, 1.165) is 30.5 Å². The molecule has 128 valence electrons. The number of furan rings is 1. The smallest absolute Gasteiger partial charge is 0.287 e. The van der Waals surface area contributed by atoms with Crippen molar-refractivity contribution >= 4 is 16.9 Å². The van der Waals surface area contributed by atoms with Crippen molar-refractivity contribution in [3.8, 4) is 0 Å². The molecule has 0 radical (unpaired) electrons. The second kappa shape index (κ2) is 5.88. The van der Waals surface area contributed by atoms with Crippen molar-refractivity contribution < 1.29 is 13.6 Å². The van der Waals surface area contributed by atoms with Crippen LogP contribution in [-0.4, -0.2) is 10.9 Å². The minimum absolute atomic E-state index is 0.0959. The lowest BCUT2D eigenvalue weighted by molar-refractivity contribution is 0.0905. The van der Waals surface area contributed by atoms with Gasteiger partial charge in [-0.3, -0.25) is 9.59 Å². The van der Waals surface area contributed by atoms with Crippen molar-refractivity contribution in [2.75, 3.05) is 0 Å². The maximum Gasteiger partial charge on any atom is 0.287 e. The van der Waals surface area contributed by atoms with Gasteiger partial charge >= 0.3 is 0 Å². The fourth-order valence-corrected chi connectivity index (χ4v) is 3.50. The first-order valence-electron chi connectivity index (χ1n) is 8.25. The number of para-hydroxylation sites is 1. The van der Waals surface area contributed by atoms with Gasteiger partial charge in [-0.15, -0.1) is 0 Å². The number of aromatic nitrogens is 1. The number of H-pyrrole nitrogens is 1. The highest BCUT2D eigenvalue weighted by atomic mass is 19.1. The number of hydrogen-bond donors (Lipinski definition) is 2. The summed E-state index contributed by atoms with van der Waals surface area (Å²) in [4.78, 5) is 27.0. The zero-order chi connectivity index (χ0) is 17.6. The van der Waals surface area contributed by atoms with Crippen molar-refractivity contribution in [1.82, 2.24) is 10.3 Å². The van der Waals surface area contributed by atoms with Crippen LogP contribution in [0.2, 0.25) is 0 Å². The molecule has 25 heavy (non-hydrogen) atoms. The molecule has 2 N–H and O–H groups in total. The number of aryl methyl sites for hydroxylation is 2. The average Bonchev–Trinajstić information content (AvgIpc) is 2.93. The van der Waals surface area contributed by atoms with E-state index in [4.69, 9.17) is 4.42 Å². The van der Waals surface area contributed by atoms with Crippen LogP contribution in [0.15, 0.2) is 39.5 Å². The molecule has 0 spiro atoms. The molecule has 1 amide bonds. The number of fused-ring (bicyclic) bond motifs is 2. The van der Waals surface area contributed by atoms with Gasteiger partial charge in [-0.25, -0.2) is 4.39 Å². The summed E-state index contributed by atoms with van der Waals surface area (Å²) in [6.45, 7) is 1.74. The Bertz CT molecular complexity index is 1030. The second-order valence-corrected chi connectivity index (χ2v) is 6.35. The SMILES string of the molecule is Cc1c(C(=O)N[C@@H]2CCCc3[nH]c(=O)ccc32)oc2c(F)cccc12. The van der Waals surface area contributed by atoms with Gasteiger partial charge in [-0.2, -0.15) is 0 Å². The molecule has 1 atom stereocenters. The summed E-state index contributed by atoms with van der Waals surface area (Å²) < 4.78 is 19.4. The van der Waals surface area contributed by atoms with Crippen molar-refractivity contribution in [3.05, 3.63) is 69.1 Å². The Morgan fingerprint density at radius 2 is 2.16 bits per heavy atom. The molecule has 0 saturated carbocycles. The molecule has 3 aromatic rings. The molecule has 0 unspecified atom stereocenters. The van der Waals surface area contributed by atoms with Gasteiger partial charge in [-0.1, -0.05) is 12.1 Å². The van der Waals surface area contributed by atoms with Gasteiger partial charge in [0, 0.05) is 22.7 Å². The number of carbonyl (C=O) groups is 1. The minimum atomic E-state index is -0.486. The zero-order valence-corrected chi connectivity index (χ0v) is 13.7. The Balaban J connectivity index is 1.67. The van der Waals surface area contributed by atoms with Crippen molar-refractivity contribution in [1.29, 1.82) is 0 Å². The largest absolute Gasteiger partial charge is 0.448 e. The third-order valence-corrected chi connectivity index (χ3v) is 4.76. The molecule has 0 aliphatic heterocycles. The normalized spacial score (nSPS) is 16.6. The number of amides is 1. The van der Waals surface area contributed by atoms with Crippen LogP contribution in [0.3, 0.4) is 0 Å². The van der Waals surface area contributed by atoms with Gasteiger partial charge < -0.3 is 14.7 Å². The quantitative estimate of drug-likeness (QED) is 0.751. The molecule has 6 heteroatoms. The van der Waals surface area contributed by atoms with Gasteiger partial charge in [-0.05, 0) is 43.9 Å². The standard InChI is InChI=1S/C19H17FN2O3/c1-10-11-4-2-5-13(20)18(11)25-17(10)19(24)22-15-7-3-6-14-12(15)8-9-16(23)21-14/h2,4-5,8-9,15H,3,6-7H2,1H3,(H,21,23)(H,22,24)/t15-/m1/s1. The summed E-state index contributed by atoms with van der Waals surface area (Å²) in [6, 6.07) is 7.64. The van der Waals surface area contributed by atoms with Crippen molar-refractivity contribution in [2.24, 2.45) is 0 Å². The van der Waals surface area contributed by atoms with E-state index in [0.29, 0.717) is 10.9 Å². The van der Waals surface area contributed by atoms with Crippen LogP contribution >= 0.6 is 0 Å². The van der Waals surface area contributed by atoms with E-state index in [1.165, 1.54) is 12.1 Å². The zero-order valence-electron chi connectivity index (χ0n) is 13.7. The summed E-state index contributed by atoms with van der Waals surface area (Å²) >= 11 is 0. The Labute approximate surface area is 142 Å². The molecule has 0 bridgehead atoms. The van der Waals surface area contributed by atoms with Crippen LogP contribution in [0.1, 0.15) is 46.3 Å². The van der Waals surface area contributed by atoms with Crippen molar-refractivity contribution in [2.45, 2.75) is 32.2 Å². The first-order valence-corrected chi connectivity index (χ1v) is 8.25. The van der Waals surface area contributed by atoms with Gasteiger partial charge in [0.15, 0.2) is 17.2 Å². The first-order chi connectivity index (χ1) is 12.0. The molecule has 0 saturated heterocycles. The summed E-state index contributed by atoms with van der Waals surface area (Å²) in [5.74, 6) is -0.742. The second-order valence-electron chi connectivity index (χ2n) is 6.35. The number of aromatic amines is 1. The highest BCUT2D eigenvalue weighted by molar-refractivity contribution is 5.99. The van der Waals surface area contributed by atoms with Crippen LogP contribution in [0.5, 0.6) is 0 Å². The molecule has 2 aromatic heterocycles. The third-order valence-electron chi connectivity index (χ3n) is 4.76. The third kappa shape index (κ3) is 2.63. The van der Waals surface area contributed by atoms with E-state index in [1.54, 1.807) is 25.1 Å². The summed E-state index contributed by atoms with van der Waals surface area (Å²) in [5.41, 5.74) is 2.34. The van der Waals surface area contributed by atoms with E-state index < -0.39 is 5.82 Å². The van der Waals surface area contributed by atoms with Gasteiger partial charge in [0.1, 0.15) is 0 Å². The fourth-order valence-electron chi connectivity index (χ4n) is 3.50. The lowest BCUT2D eigenvalue weighted by Gasteiger charge is -2.25. The Kier molecular flexibility index (Phi) is 3.67. The molecule has 5 nitrogen and oxygen atoms in total. The lowest BCUT2D eigenvalue weighted by Crippen LogP contribution is -2.32. The number of nitrogens with one attached hydrogen (secondary N) is 2. The van der Waals surface area contributed by atoms with E-state index >= 15 is 0 Å². The van der Waals surface area contributed by atoms with Gasteiger partial charge in [0.2, 0.25) is 5.56 Å². The number of benzene rings is 1. The lowest BCUT2D eigenvalue weighted by atomic mass is 9.91. The number of rotatable bonds is 2. The van der Waals surface area contributed by atoms with E-state index in [2.05, 4.69) is 10.3 Å². The van der Waals surface area contributed by atoms with Crippen LogP contribution < -0.4 is 10.9 Å². The Morgan fingerprint density at radius 3 is 2.96 bits per heavy atom. The summed E-state index contributed by atoms with van der Waals surface area (Å²) in [5, 5.41) is 3.55.